The van der Waals surface area contributed by atoms with Gasteiger partial charge in [-0.2, -0.15) is 0 Å². The van der Waals surface area contributed by atoms with Crippen molar-refractivity contribution >= 4 is 6.16 Å². The van der Waals surface area contributed by atoms with Gasteiger partial charge in [-0.25, -0.2) is 4.79 Å². The van der Waals surface area contributed by atoms with Crippen LogP contribution in [0.1, 0.15) is 0 Å². The molecular weight excluding hydrogens is 248 g/mol. The average Bonchev–Trinajstić information content (AvgIpc) is 2.57. The molecule has 0 aromatic heterocycles. The molecule has 0 aliphatic carbocycles. The summed E-state index contributed by atoms with van der Waals surface area (Å²) in [7, 11) is 1.10. The molecule has 0 bridgehead atoms. The molecule has 3 N–H and O–H groups in total. The van der Waals surface area contributed by atoms with E-state index in [1.165, 1.54) is 0 Å². The Hall–Kier alpha value is -2.11. The van der Waals surface area contributed by atoms with Gasteiger partial charge in [-0.15, -0.1) is 65.8 Å². The van der Waals surface area contributed by atoms with Gasteiger partial charge in [-0.3, -0.25) is 0 Å². The summed E-state index contributed by atoms with van der Waals surface area (Å²) in [6.45, 7) is 29.8. The summed E-state index contributed by atoms with van der Waals surface area (Å²) in [4.78, 5) is 9.15. The van der Waals surface area contributed by atoms with Crippen molar-refractivity contribution in [2.45, 2.75) is 0 Å². The first-order valence-corrected chi connectivity index (χ1v) is 4.67. The largest absolute Gasteiger partial charge is 0.505 e. The van der Waals surface area contributed by atoms with Gasteiger partial charge in [0.2, 0.25) is 0 Å². The molecule has 0 amide bonds. The number of methoxy groups -OCH3 is 1. The van der Waals surface area contributed by atoms with E-state index < -0.39 is 6.16 Å². The summed E-state index contributed by atoms with van der Waals surface area (Å²) < 4.78 is 3.67. The van der Waals surface area contributed by atoms with E-state index in [0.717, 1.165) is 7.11 Å². The van der Waals surface area contributed by atoms with E-state index in [0.29, 0.717) is 0 Å². The summed E-state index contributed by atoms with van der Waals surface area (Å²) >= 11 is 0. The zero-order chi connectivity index (χ0) is 17.7. The molecule has 0 aliphatic rings. The number of ether oxygens (including phenoxy) is 1. The molecule has 0 aromatic carbocycles. The van der Waals surface area contributed by atoms with Crippen LogP contribution in [0.25, 0.3) is 0 Å². The average molecular weight is 278 g/mol. The Balaban J connectivity index is -0.0000000187. The molecule has 0 rings (SSSR count). The van der Waals surface area contributed by atoms with Crippen LogP contribution in [0.3, 0.4) is 0 Å². The number of aliphatic hydroxyl groups is 2. The number of rotatable bonds is 1. The summed E-state index contributed by atoms with van der Waals surface area (Å²) in [6.07, 6.45) is -1.25. The van der Waals surface area contributed by atoms with E-state index in [-0.39, 0.29) is 13.2 Å². The molecule has 19 heavy (non-hydrogen) atoms. The quantitative estimate of drug-likeness (QED) is 0.506. The topological polar surface area (TPSA) is 87.0 Å². The number of carboxylic acid groups (broad SMARTS) is 1. The van der Waals surface area contributed by atoms with Crippen molar-refractivity contribution in [2.24, 2.45) is 0 Å². The second kappa shape index (κ2) is 233. The van der Waals surface area contributed by atoms with Crippen molar-refractivity contribution in [3.05, 3.63) is 65.8 Å². The molecule has 5 nitrogen and oxygen atoms in total. The summed E-state index contributed by atoms with van der Waals surface area (Å²) in [5, 5.41) is 22.8. The van der Waals surface area contributed by atoms with Crippen LogP contribution >= 0.6 is 0 Å². The maximum Gasteiger partial charge on any atom is 0.505 e. The standard InChI is InChI=1S/C2H4O3.C2H6O2.5C2H4/c1-5-2(3)4;3-1-2-4;5*1-2/h1H3,(H,3,4);3-4H,1-2H2;5*1-2H2. The predicted molar refractivity (Wildman–Crippen MR) is 85.5 cm³/mol. The molecule has 0 saturated heterocycles. The third-order valence-electron chi connectivity index (χ3n) is 0.275. The van der Waals surface area contributed by atoms with Gasteiger partial charge in [0, 0.05) is 0 Å². The van der Waals surface area contributed by atoms with E-state index in [4.69, 9.17) is 20.1 Å². The third kappa shape index (κ3) is 3870. The Morgan fingerprint density at radius 3 is 0.895 bits per heavy atom. The molecule has 0 saturated carbocycles. The van der Waals surface area contributed by atoms with Crippen LogP contribution in [0.4, 0.5) is 4.79 Å². The van der Waals surface area contributed by atoms with Crippen LogP contribution in [-0.2, 0) is 4.74 Å². The van der Waals surface area contributed by atoms with Crippen LogP contribution in [0, 0.1) is 0 Å². The van der Waals surface area contributed by atoms with E-state index >= 15 is 0 Å². The predicted octanol–water partition coefficient (Wildman–Crippen LogP) is 3.29. The lowest BCUT2D eigenvalue weighted by Gasteiger charge is -1.79. The number of carbonyl (C=O) groups is 1. The van der Waals surface area contributed by atoms with Crippen molar-refractivity contribution in [1.82, 2.24) is 0 Å². The van der Waals surface area contributed by atoms with Gasteiger partial charge >= 0.3 is 6.16 Å². The monoisotopic (exact) mass is 278 g/mol. The highest BCUT2D eigenvalue weighted by Gasteiger charge is 1.80. The molecule has 5 heteroatoms. The highest BCUT2D eigenvalue weighted by atomic mass is 16.6. The molecule has 0 unspecified atom stereocenters. The van der Waals surface area contributed by atoms with Crippen molar-refractivity contribution in [2.75, 3.05) is 20.3 Å². The van der Waals surface area contributed by atoms with Crippen molar-refractivity contribution in [3.63, 3.8) is 0 Å². The van der Waals surface area contributed by atoms with Gasteiger partial charge < -0.3 is 20.1 Å². The normalized spacial score (nSPS) is 4.37. The fourth-order valence-corrected chi connectivity index (χ4v) is 0. The fourth-order valence-electron chi connectivity index (χ4n) is 0. The summed E-state index contributed by atoms with van der Waals surface area (Å²) in [5.41, 5.74) is 0. The molecule has 0 heterocycles. The third-order valence-corrected chi connectivity index (χ3v) is 0.275. The van der Waals surface area contributed by atoms with Gasteiger partial charge in [-0.05, 0) is 0 Å². The van der Waals surface area contributed by atoms with E-state index in [1.807, 2.05) is 0 Å². The molecule has 116 valence electrons. The zero-order valence-corrected chi connectivity index (χ0v) is 12.1. The van der Waals surface area contributed by atoms with Gasteiger partial charge in [0.05, 0.1) is 20.3 Å². The first kappa shape index (κ1) is 43.6. The molecule has 0 radical (unpaired) electrons. The Labute approximate surface area is 118 Å². The van der Waals surface area contributed by atoms with Gasteiger partial charge in [0.15, 0.2) is 0 Å². The molecule has 0 aromatic rings. The van der Waals surface area contributed by atoms with E-state index in [2.05, 4.69) is 70.5 Å². The lowest BCUT2D eigenvalue weighted by molar-refractivity contribution is 0.114. The summed E-state index contributed by atoms with van der Waals surface area (Å²) in [6, 6.07) is 0. The lowest BCUT2D eigenvalue weighted by Crippen LogP contribution is -1.91. The van der Waals surface area contributed by atoms with Crippen LogP contribution in [0.2, 0.25) is 0 Å². The molecule has 0 spiro atoms. The van der Waals surface area contributed by atoms with E-state index in [1.54, 1.807) is 0 Å². The van der Waals surface area contributed by atoms with Crippen LogP contribution < -0.4 is 0 Å². The highest BCUT2D eigenvalue weighted by molar-refractivity contribution is 5.56. The maximum absolute atomic E-state index is 9.15. The highest BCUT2D eigenvalue weighted by Crippen LogP contribution is 1.60. The second-order valence-electron chi connectivity index (χ2n) is 0.917. The maximum atomic E-state index is 9.15. The first-order valence-electron chi connectivity index (χ1n) is 4.67. The minimum absolute atomic E-state index is 0.125. The minimum Gasteiger partial charge on any atom is -0.450 e. The van der Waals surface area contributed by atoms with Gasteiger partial charge in [-0.1, -0.05) is 0 Å². The number of aliphatic hydroxyl groups excluding tert-OH is 2. The van der Waals surface area contributed by atoms with Crippen LogP contribution in [0.5, 0.6) is 0 Å². The lowest BCUT2D eigenvalue weighted by atomic mass is 10.8. The van der Waals surface area contributed by atoms with Crippen molar-refractivity contribution in [1.29, 1.82) is 0 Å². The Bertz CT molecular complexity index is 105. The molecule has 0 fully saturated rings. The number of hydrogen-bond donors (Lipinski definition) is 3. The van der Waals surface area contributed by atoms with Crippen LogP contribution in [-0.4, -0.2) is 41.8 Å². The number of hydrogen-bond acceptors (Lipinski definition) is 4. The minimum atomic E-state index is -1.25. The molecule has 0 atom stereocenters. The fraction of sp³-hybridized carbons (Fsp3) is 0.214. The van der Waals surface area contributed by atoms with E-state index in [9.17, 15) is 0 Å². The van der Waals surface area contributed by atoms with Gasteiger partial charge in [0.25, 0.3) is 0 Å². The SMILES string of the molecule is C=C.C=C.C=C.C=C.C=C.COC(=O)O.OCCO. The summed E-state index contributed by atoms with van der Waals surface area (Å²) in [5.74, 6) is 0. The van der Waals surface area contributed by atoms with Crippen molar-refractivity contribution in [3.8, 4) is 0 Å². The van der Waals surface area contributed by atoms with Gasteiger partial charge in [0.1, 0.15) is 0 Å². The van der Waals surface area contributed by atoms with Crippen molar-refractivity contribution < 1.29 is 24.9 Å². The smallest absolute Gasteiger partial charge is 0.450 e. The van der Waals surface area contributed by atoms with Crippen LogP contribution in [0.15, 0.2) is 65.8 Å². The Morgan fingerprint density at radius 2 is 0.895 bits per heavy atom. The second-order valence-corrected chi connectivity index (χ2v) is 0.917. The zero-order valence-electron chi connectivity index (χ0n) is 12.1. The Morgan fingerprint density at radius 1 is 0.789 bits per heavy atom. The molecular formula is C14H30O5. The first-order chi connectivity index (χ1) is 9.18. The Kier molecular flexibility index (Phi) is 534. The molecule has 0 aliphatic heterocycles.